The van der Waals surface area contributed by atoms with Crippen LogP contribution in [0.25, 0.3) is 65.4 Å². The number of fused-ring (bicyclic) bond motifs is 9. The Labute approximate surface area is 542 Å². The van der Waals surface area contributed by atoms with E-state index in [4.69, 9.17) is 49.8 Å². The average molecular weight is 1290 g/mol. The molecule has 0 bridgehead atoms. The van der Waals surface area contributed by atoms with Crippen molar-refractivity contribution in [2.75, 3.05) is 0 Å². The number of benzene rings is 6. The van der Waals surface area contributed by atoms with Crippen LogP contribution in [-0.2, 0) is 33.6 Å². The number of para-hydroxylation sites is 3. The molecule has 9 heterocycles. The van der Waals surface area contributed by atoms with E-state index >= 15 is 0 Å². The number of aromatic amines is 3. The molecular formula is C71H67Cl3N12O6. The van der Waals surface area contributed by atoms with Gasteiger partial charge in [0.15, 0.2) is 0 Å². The third kappa shape index (κ3) is 11.4. The summed E-state index contributed by atoms with van der Waals surface area (Å²) in [6.45, 7) is 12.3. The number of hydrogen-bond donors (Lipinski definition) is 6. The van der Waals surface area contributed by atoms with Crippen LogP contribution in [0.2, 0.25) is 15.1 Å². The molecule has 21 heteroatoms. The third-order valence-electron chi connectivity index (χ3n) is 18.1. The molecule has 0 aliphatic carbocycles. The first-order valence-corrected chi connectivity index (χ1v) is 32.2. The summed E-state index contributed by atoms with van der Waals surface area (Å²) in [5, 5.41) is 15.2. The summed E-state index contributed by atoms with van der Waals surface area (Å²) in [6, 6.07) is 36.2. The van der Waals surface area contributed by atoms with E-state index in [2.05, 4.69) is 58.6 Å². The number of carbonyl (C=O) groups is 3. The fraction of sp³-hybridized carbons (Fsp3) is 0.282. The lowest BCUT2D eigenvalue weighted by Gasteiger charge is -2.35. The number of halogens is 3. The van der Waals surface area contributed by atoms with Crippen molar-refractivity contribution in [2.45, 2.75) is 110 Å². The maximum absolute atomic E-state index is 13.6. The topological polar surface area (TPSA) is 239 Å². The lowest BCUT2D eigenvalue weighted by Crippen LogP contribution is -2.50. The highest BCUT2D eigenvalue weighted by molar-refractivity contribution is 6.32. The molecule has 12 aromatic rings. The molecule has 0 saturated carbocycles. The van der Waals surface area contributed by atoms with Crippen molar-refractivity contribution in [3.8, 4) is 0 Å². The second-order valence-electron chi connectivity index (χ2n) is 25.0. The van der Waals surface area contributed by atoms with Crippen molar-refractivity contribution in [3.05, 3.63) is 226 Å². The molecule has 3 aliphatic rings. The number of nitrogens with zero attached hydrogens (tertiary/aromatic N) is 6. The standard InChI is InChI=1S/2C24H23ClN4O2.C23H21ClN4O2/c1-13(2)9-20-22-27-19-8-7-15(25)11-17(19)24(31)29(22)21(23(30)28-20)10-14-12-26-18-6-4-3-5-16(14)18;1-3-13(2)21-22-27-19-9-8-15(25)11-17(19)24(31)29(22)20(23(30)28-21)10-14-12-26-18-7-5-4-6-16(14)18;1-12(2)20-21-26-18-8-7-14(24)10-16(18)23(30)28(21)19(22(29)27-20)9-13-11-25-17-6-4-3-5-15(13)17/h3-8,11-13,20-21,26H,9-10H2,1-2H3,(H,28,30);4-9,11-13,20-21,26H,3,10H2,1-2H3,(H,28,30);3-8,10-12,19-20,25H,9H2,1-2H3,(H,27,29)/t20-,21+;13?,20-,21+;19-,20+/m011/s1. The smallest absolute Gasteiger partial charge is 0.262 e. The molecule has 18 nitrogen and oxygen atoms in total. The van der Waals surface area contributed by atoms with Crippen LogP contribution in [0.4, 0.5) is 0 Å². The Balaban J connectivity index is 0.000000126. The fourth-order valence-corrected chi connectivity index (χ4v) is 13.8. The van der Waals surface area contributed by atoms with Gasteiger partial charge in [-0.25, -0.2) is 15.0 Å². The van der Waals surface area contributed by atoms with Gasteiger partial charge in [-0.1, -0.05) is 137 Å². The van der Waals surface area contributed by atoms with Crippen LogP contribution in [0.3, 0.4) is 0 Å². The van der Waals surface area contributed by atoms with E-state index in [-0.39, 0.29) is 64.4 Å². The Morgan fingerprint density at radius 3 is 1.16 bits per heavy atom. The molecular weight excluding hydrogens is 1220 g/mol. The number of amides is 3. The molecule has 468 valence electrons. The highest BCUT2D eigenvalue weighted by atomic mass is 35.5. The van der Waals surface area contributed by atoms with Gasteiger partial charge in [0.2, 0.25) is 17.7 Å². The molecule has 0 saturated heterocycles. The SMILES string of the molecule is CC(C)C[C@@H]1NC(=O)[C@@H](Cc2c[nH]c3ccccc23)n2c1nc1ccc(Cl)cc1c2=O.CC(C)[C@@H]1NC(=O)[C@@H](Cc2c[nH]c3ccccc23)n2c1nc1ccc(Cl)cc1c2=O.CCC(C)[C@@H]1NC(=O)[C@@H](Cc2c[nH]c3ccccc23)n2c1nc1ccc(Cl)cc1c2=O. The van der Waals surface area contributed by atoms with Crippen LogP contribution in [0.15, 0.2) is 160 Å². The molecule has 3 amide bonds. The largest absolute Gasteiger partial charge is 0.361 e. The number of rotatable bonds is 11. The van der Waals surface area contributed by atoms with Gasteiger partial charge in [-0.15, -0.1) is 0 Å². The van der Waals surface area contributed by atoms with Crippen molar-refractivity contribution in [1.82, 2.24) is 59.6 Å². The van der Waals surface area contributed by atoms with Gasteiger partial charge in [0, 0.05) is 85.6 Å². The van der Waals surface area contributed by atoms with E-state index in [1.54, 1.807) is 68.3 Å². The first-order valence-electron chi connectivity index (χ1n) is 31.0. The predicted molar refractivity (Wildman–Crippen MR) is 363 cm³/mol. The summed E-state index contributed by atoms with van der Waals surface area (Å²) in [4.78, 5) is 105. The molecule has 7 atom stereocenters. The van der Waals surface area contributed by atoms with Gasteiger partial charge in [0.05, 0.1) is 50.8 Å². The van der Waals surface area contributed by atoms with E-state index in [1.807, 2.05) is 105 Å². The number of nitrogens with one attached hydrogen (secondary N) is 6. The molecule has 1 unspecified atom stereocenters. The van der Waals surface area contributed by atoms with Gasteiger partial charge in [-0.2, -0.15) is 0 Å². The molecule has 6 N–H and O–H groups in total. The Kier molecular flexibility index (Phi) is 16.7. The Hall–Kier alpha value is -9.36. The number of aromatic nitrogens is 9. The first kappa shape index (κ1) is 61.5. The minimum absolute atomic E-state index is 0.0888. The normalized spacial score (nSPS) is 18.9. The van der Waals surface area contributed by atoms with Crippen molar-refractivity contribution in [2.24, 2.45) is 17.8 Å². The van der Waals surface area contributed by atoms with Crippen LogP contribution in [0, 0.1) is 17.8 Å². The van der Waals surface area contributed by atoms with Crippen LogP contribution in [-0.4, -0.2) is 61.3 Å². The van der Waals surface area contributed by atoms with Crippen molar-refractivity contribution in [3.63, 3.8) is 0 Å². The maximum Gasteiger partial charge on any atom is 0.262 e. The highest BCUT2D eigenvalue weighted by Gasteiger charge is 2.41. The Morgan fingerprint density at radius 2 is 0.783 bits per heavy atom. The van der Waals surface area contributed by atoms with Crippen molar-refractivity contribution in [1.29, 1.82) is 0 Å². The van der Waals surface area contributed by atoms with Crippen LogP contribution >= 0.6 is 34.8 Å². The van der Waals surface area contributed by atoms with Gasteiger partial charge in [0.1, 0.15) is 35.6 Å². The fourth-order valence-electron chi connectivity index (χ4n) is 13.3. The summed E-state index contributed by atoms with van der Waals surface area (Å²) in [5.41, 5.74) is 7.05. The highest BCUT2D eigenvalue weighted by Crippen LogP contribution is 2.36. The van der Waals surface area contributed by atoms with Crippen LogP contribution < -0.4 is 32.6 Å². The van der Waals surface area contributed by atoms with E-state index in [0.29, 0.717) is 96.9 Å². The zero-order valence-corrected chi connectivity index (χ0v) is 53.6. The van der Waals surface area contributed by atoms with Gasteiger partial charge in [-0.05, 0) is 114 Å². The third-order valence-corrected chi connectivity index (χ3v) is 18.8. The predicted octanol–water partition coefficient (Wildman–Crippen LogP) is 13.2. The number of H-pyrrole nitrogens is 3. The summed E-state index contributed by atoms with van der Waals surface area (Å²) in [7, 11) is 0. The Bertz CT molecular complexity index is 5100. The van der Waals surface area contributed by atoms with Gasteiger partial charge in [-0.3, -0.25) is 42.5 Å². The van der Waals surface area contributed by atoms with Crippen molar-refractivity contribution < 1.29 is 14.4 Å². The van der Waals surface area contributed by atoms with E-state index in [9.17, 15) is 28.8 Å². The maximum atomic E-state index is 13.6. The summed E-state index contributed by atoms with van der Waals surface area (Å²) in [5.74, 6) is 1.89. The molecule has 0 fully saturated rings. The van der Waals surface area contributed by atoms with Crippen molar-refractivity contribution >= 4 is 118 Å². The first-order chi connectivity index (χ1) is 44.3. The summed E-state index contributed by atoms with van der Waals surface area (Å²) >= 11 is 18.5. The van der Waals surface area contributed by atoms with Crippen LogP contribution in [0.1, 0.15) is 125 Å². The van der Waals surface area contributed by atoms with Crippen LogP contribution in [0.5, 0.6) is 0 Å². The van der Waals surface area contributed by atoms with Gasteiger partial charge < -0.3 is 30.9 Å². The second kappa shape index (κ2) is 25.0. The van der Waals surface area contributed by atoms with Gasteiger partial charge >= 0.3 is 0 Å². The summed E-state index contributed by atoms with van der Waals surface area (Å²) < 4.78 is 4.76. The second-order valence-corrected chi connectivity index (χ2v) is 26.3. The van der Waals surface area contributed by atoms with E-state index in [0.717, 1.165) is 55.8 Å². The molecule has 0 spiro atoms. The summed E-state index contributed by atoms with van der Waals surface area (Å²) in [6.07, 6.45) is 8.46. The Morgan fingerprint density at radius 1 is 0.435 bits per heavy atom. The molecule has 0 radical (unpaired) electrons. The molecule has 6 aromatic carbocycles. The van der Waals surface area contributed by atoms with E-state index < -0.39 is 18.1 Å². The number of hydrogen-bond acceptors (Lipinski definition) is 9. The molecule has 3 aliphatic heterocycles. The zero-order valence-electron chi connectivity index (χ0n) is 51.4. The molecule has 6 aromatic heterocycles. The lowest BCUT2D eigenvalue weighted by molar-refractivity contribution is -0.128. The quantitative estimate of drug-likeness (QED) is 0.0721. The minimum atomic E-state index is -0.683. The minimum Gasteiger partial charge on any atom is -0.361 e. The number of carbonyl (C=O) groups excluding carboxylic acids is 3. The zero-order chi connectivity index (χ0) is 64.4. The lowest BCUT2D eigenvalue weighted by atomic mass is 9.93. The molecule has 92 heavy (non-hydrogen) atoms. The monoisotopic (exact) mass is 1290 g/mol. The molecule has 15 rings (SSSR count). The van der Waals surface area contributed by atoms with Gasteiger partial charge in [0.25, 0.3) is 16.7 Å². The van der Waals surface area contributed by atoms with E-state index in [1.165, 1.54) is 0 Å². The average Bonchev–Trinajstić information content (AvgIpc) is 0.963.